The molecular formula is C20H26N4. The van der Waals surface area contributed by atoms with E-state index in [0.29, 0.717) is 6.04 Å². The molecule has 0 aliphatic carbocycles. The first-order valence-corrected chi connectivity index (χ1v) is 9.16. The van der Waals surface area contributed by atoms with Crippen LogP contribution in [0.15, 0.2) is 24.3 Å². The second-order valence-corrected chi connectivity index (χ2v) is 7.10. The number of nitrogens with zero attached hydrogens (tertiary/aromatic N) is 3. The molecule has 2 aliphatic rings. The normalized spacial score (nSPS) is 20.8. The van der Waals surface area contributed by atoms with E-state index in [4.69, 9.17) is 9.97 Å². The van der Waals surface area contributed by atoms with Gasteiger partial charge in [0.15, 0.2) is 0 Å². The first-order chi connectivity index (χ1) is 11.7. The van der Waals surface area contributed by atoms with Crippen LogP contribution in [0.1, 0.15) is 36.6 Å². The van der Waals surface area contributed by atoms with E-state index in [1.807, 2.05) is 0 Å². The molecule has 0 bridgehead atoms. The lowest BCUT2D eigenvalue weighted by molar-refractivity contribution is 0.703. The van der Waals surface area contributed by atoms with Gasteiger partial charge < -0.3 is 10.2 Å². The first kappa shape index (κ1) is 15.6. The summed E-state index contributed by atoms with van der Waals surface area (Å²) >= 11 is 0. The highest BCUT2D eigenvalue weighted by Gasteiger charge is 2.26. The average Bonchev–Trinajstić information content (AvgIpc) is 2.88. The maximum atomic E-state index is 5.05. The Hall–Kier alpha value is -1.94. The summed E-state index contributed by atoms with van der Waals surface area (Å²) in [5, 5.41) is 3.50. The maximum Gasteiger partial charge on any atom is 0.226 e. The molecule has 1 fully saturated rings. The standard InChI is InChI=1S/C20H26N4/c1-14-5-7-16(8-6-14)19-17-9-11-21-12-10-18(17)22-20(23-19)24-13-3-4-15(24)2/h5-8,15,21H,3-4,9-13H2,1-2H3. The van der Waals surface area contributed by atoms with Crippen molar-refractivity contribution >= 4 is 5.95 Å². The number of benzene rings is 1. The molecule has 4 heteroatoms. The second-order valence-electron chi connectivity index (χ2n) is 7.10. The third-order valence-corrected chi connectivity index (χ3v) is 5.31. The molecule has 1 saturated heterocycles. The number of hydrogen-bond donors (Lipinski definition) is 1. The minimum absolute atomic E-state index is 0.540. The number of anilines is 1. The number of fused-ring (bicyclic) bond motifs is 1. The lowest BCUT2D eigenvalue weighted by Gasteiger charge is -2.24. The highest BCUT2D eigenvalue weighted by atomic mass is 15.3. The summed E-state index contributed by atoms with van der Waals surface area (Å²) in [6.45, 7) is 7.51. The Morgan fingerprint density at radius 1 is 1.08 bits per heavy atom. The molecule has 0 amide bonds. The molecule has 1 N–H and O–H groups in total. The van der Waals surface area contributed by atoms with Gasteiger partial charge in [-0.25, -0.2) is 9.97 Å². The van der Waals surface area contributed by atoms with Crippen molar-refractivity contribution in [3.05, 3.63) is 41.1 Å². The van der Waals surface area contributed by atoms with Crippen LogP contribution in [0, 0.1) is 6.92 Å². The Morgan fingerprint density at radius 2 is 1.88 bits per heavy atom. The van der Waals surface area contributed by atoms with E-state index in [0.717, 1.165) is 44.1 Å². The van der Waals surface area contributed by atoms with Gasteiger partial charge >= 0.3 is 0 Å². The van der Waals surface area contributed by atoms with Crippen LogP contribution in [0.4, 0.5) is 5.95 Å². The Labute approximate surface area is 144 Å². The molecule has 0 spiro atoms. The predicted octanol–water partition coefficient (Wildman–Crippen LogP) is 3.13. The fraction of sp³-hybridized carbons (Fsp3) is 0.500. The Kier molecular flexibility index (Phi) is 4.23. The minimum atomic E-state index is 0.540. The lowest BCUT2D eigenvalue weighted by Crippen LogP contribution is -2.29. The monoisotopic (exact) mass is 322 g/mol. The Bertz CT molecular complexity index is 723. The van der Waals surface area contributed by atoms with Crippen molar-refractivity contribution in [1.29, 1.82) is 0 Å². The molecule has 1 atom stereocenters. The third-order valence-electron chi connectivity index (χ3n) is 5.31. The summed E-state index contributed by atoms with van der Waals surface area (Å²) in [5.41, 5.74) is 6.21. The van der Waals surface area contributed by atoms with Crippen LogP contribution in [0.25, 0.3) is 11.3 Å². The van der Waals surface area contributed by atoms with Gasteiger partial charge in [-0.05, 0) is 39.7 Å². The van der Waals surface area contributed by atoms with Crippen LogP contribution in [-0.2, 0) is 12.8 Å². The summed E-state index contributed by atoms with van der Waals surface area (Å²) in [6.07, 6.45) is 4.48. The molecule has 24 heavy (non-hydrogen) atoms. The molecule has 4 rings (SSSR count). The molecule has 2 aromatic rings. The van der Waals surface area contributed by atoms with E-state index >= 15 is 0 Å². The molecule has 3 heterocycles. The molecule has 0 radical (unpaired) electrons. The molecule has 1 aromatic carbocycles. The minimum Gasteiger partial charge on any atom is -0.338 e. The molecule has 126 valence electrons. The summed E-state index contributed by atoms with van der Waals surface area (Å²) in [6, 6.07) is 9.30. The highest BCUT2D eigenvalue weighted by molar-refractivity contribution is 5.66. The summed E-state index contributed by atoms with van der Waals surface area (Å²) in [5.74, 6) is 0.927. The number of aromatic nitrogens is 2. The van der Waals surface area contributed by atoms with Crippen LogP contribution in [-0.4, -0.2) is 35.6 Å². The predicted molar refractivity (Wildman–Crippen MR) is 98.5 cm³/mol. The average molecular weight is 322 g/mol. The SMILES string of the molecule is Cc1ccc(-c2nc(N3CCCC3C)nc3c2CCNCC3)cc1. The summed E-state index contributed by atoms with van der Waals surface area (Å²) in [4.78, 5) is 12.4. The largest absolute Gasteiger partial charge is 0.338 e. The van der Waals surface area contributed by atoms with Crippen molar-refractivity contribution in [3.8, 4) is 11.3 Å². The molecule has 1 aromatic heterocycles. The van der Waals surface area contributed by atoms with Gasteiger partial charge in [-0.15, -0.1) is 0 Å². The smallest absolute Gasteiger partial charge is 0.226 e. The zero-order chi connectivity index (χ0) is 16.5. The van der Waals surface area contributed by atoms with Crippen LogP contribution in [0.5, 0.6) is 0 Å². The van der Waals surface area contributed by atoms with Gasteiger partial charge in [0.25, 0.3) is 0 Å². The Morgan fingerprint density at radius 3 is 2.62 bits per heavy atom. The number of aryl methyl sites for hydroxylation is 1. The van der Waals surface area contributed by atoms with Crippen LogP contribution in [0.3, 0.4) is 0 Å². The van der Waals surface area contributed by atoms with Gasteiger partial charge in [-0.1, -0.05) is 29.8 Å². The lowest BCUT2D eigenvalue weighted by atomic mass is 10.0. The summed E-state index contributed by atoms with van der Waals surface area (Å²) in [7, 11) is 0. The van der Waals surface area contributed by atoms with Crippen molar-refractivity contribution in [2.24, 2.45) is 0 Å². The van der Waals surface area contributed by atoms with Crippen LogP contribution in [0.2, 0.25) is 0 Å². The maximum absolute atomic E-state index is 5.05. The fourth-order valence-electron chi connectivity index (χ4n) is 3.84. The van der Waals surface area contributed by atoms with E-state index in [1.54, 1.807) is 0 Å². The van der Waals surface area contributed by atoms with E-state index in [1.165, 1.54) is 35.2 Å². The van der Waals surface area contributed by atoms with E-state index < -0.39 is 0 Å². The highest BCUT2D eigenvalue weighted by Crippen LogP contribution is 2.30. The third kappa shape index (κ3) is 2.91. The van der Waals surface area contributed by atoms with Gasteiger partial charge in [-0.2, -0.15) is 0 Å². The van der Waals surface area contributed by atoms with Crippen LogP contribution >= 0.6 is 0 Å². The zero-order valence-corrected chi connectivity index (χ0v) is 14.7. The second kappa shape index (κ2) is 6.52. The molecular weight excluding hydrogens is 296 g/mol. The van der Waals surface area contributed by atoms with Crippen molar-refractivity contribution in [3.63, 3.8) is 0 Å². The van der Waals surface area contributed by atoms with Gasteiger partial charge in [0.2, 0.25) is 5.95 Å². The van der Waals surface area contributed by atoms with Gasteiger partial charge in [0.1, 0.15) is 0 Å². The number of hydrogen-bond acceptors (Lipinski definition) is 4. The van der Waals surface area contributed by atoms with E-state index in [-0.39, 0.29) is 0 Å². The van der Waals surface area contributed by atoms with E-state index in [2.05, 4.69) is 48.3 Å². The summed E-state index contributed by atoms with van der Waals surface area (Å²) < 4.78 is 0. The molecule has 1 unspecified atom stereocenters. The van der Waals surface area contributed by atoms with Gasteiger partial charge in [0.05, 0.1) is 11.4 Å². The van der Waals surface area contributed by atoms with Crippen LogP contribution < -0.4 is 10.2 Å². The molecule has 4 nitrogen and oxygen atoms in total. The van der Waals surface area contributed by atoms with Crippen molar-refractivity contribution < 1.29 is 0 Å². The fourth-order valence-corrected chi connectivity index (χ4v) is 3.84. The number of rotatable bonds is 2. The zero-order valence-electron chi connectivity index (χ0n) is 14.7. The van der Waals surface area contributed by atoms with Gasteiger partial charge in [-0.3, -0.25) is 0 Å². The molecule has 2 aliphatic heterocycles. The first-order valence-electron chi connectivity index (χ1n) is 9.16. The molecule has 0 saturated carbocycles. The quantitative estimate of drug-likeness (QED) is 0.922. The Balaban J connectivity index is 1.84. The van der Waals surface area contributed by atoms with Gasteiger partial charge in [0, 0.05) is 36.7 Å². The van der Waals surface area contributed by atoms with Crippen molar-refractivity contribution in [1.82, 2.24) is 15.3 Å². The van der Waals surface area contributed by atoms with Crippen molar-refractivity contribution in [2.45, 2.75) is 45.6 Å². The van der Waals surface area contributed by atoms with E-state index in [9.17, 15) is 0 Å². The topological polar surface area (TPSA) is 41.1 Å². The number of nitrogens with one attached hydrogen (secondary N) is 1. The van der Waals surface area contributed by atoms with Crippen molar-refractivity contribution in [2.75, 3.05) is 24.5 Å².